The van der Waals surface area contributed by atoms with Gasteiger partial charge >= 0.3 is 5.97 Å². The molecule has 1 atom stereocenters. The molecule has 2 rings (SSSR count). The highest BCUT2D eigenvalue weighted by Gasteiger charge is 2.17. The molecule has 0 saturated heterocycles. The molecule has 106 valence electrons. The van der Waals surface area contributed by atoms with Gasteiger partial charge in [0.25, 0.3) is 0 Å². The van der Waals surface area contributed by atoms with Crippen molar-refractivity contribution in [2.75, 3.05) is 13.7 Å². The first kappa shape index (κ1) is 14.5. The number of carbonyl (C=O) groups excluding carboxylic acids is 1. The molecule has 20 heavy (non-hydrogen) atoms. The Morgan fingerprint density at radius 2 is 1.95 bits per heavy atom. The van der Waals surface area contributed by atoms with Crippen molar-refractivity contribution in [3.63, 3.8) is 0 Å². The Hall–Kier alpha value is -1.87. The van der Waals surface area contributed by atoms with Crippen molar-refractivity contribution < 1.29 is 9.53 Å². The largest absolute Gasteiger partial charge is 0.469 e. The zero-order chi connectivity index (χ0) is 14.4. The Bertz CT molecular complexity index is 575. The topological polar surface area (TPSA) is 38.3 Å². The molecule has 0 aromatic heterocycles. The van der Waals surface area contributed by atoms with Crippen LogP contribution < -0.4 is 5.32 Å². The molecule has 3 heteroatoms. The van der Waals surface area contributed by atoms with Crippen molar-refractivity contribution in [2.45, 2.75) is 25.8 Å². The summed E-state index contributed by atoms with van der Waals surface area (Å²) in [4.78, 5) is 11.6. The number of hydrogen-bond acceptors (Lipinski definition) is 3. The van der Waals surface area contributed by atoms with Gasteiger partial charge in [-0.3, -0.25) is 4.79 Å². The van der Waals surface area contributed by atoms with Gasteiger partial charge in [0.05, 0.1) is 13.5 Å². The van der Waals surface area contributed by atoms with Gasteiger partial charge in [0, 0.05) is 6.04 Å². The monoisotopic (exact) mass is 271 g/mol. The summed E-state index contributed by atoms with van der Waals surface area (Å²) < 4.78 is 4.82. The Kier molecular flexibility index (Phi) is 5.13. The fourth-order valence-corrected chi connectivity index (χ4v) is 2.41. The van der Waals surface area contributed by atoms with E-state index in [4.69, 9.17) is 4.74 Å². The van der Waals surface area contributed by atoms with E-state index in [1.807, 2.05) is 18.2 Å². The highest BCUT2D eigenvalue weighted by atomic mass is 16.5. The number of nitrogens with one attached hydrogen (secondary N) is 1. The van der Waals surface area contributed by atoms with Crippen LogP contribution in [-0.2, 0) is 9.53 Å². The second-order valence-corrected chi connectivity index (χ2v) is 4.86. The molecular weight excluding hydrogens is 250 g/mol. The lowest BCUT2D eigenvalue weighted by atomic mass is 9.96. The van der Waals surface area contributed by atoms with Crippen LogP contribution in [0, 0.1) is 0 Å². The number of methoxy groups -OCH3 is 1. The summed E-state index contributed by atoms with van der Waals surface area (Å²) in [6.45, 7) is 3.00. The highest BCUT2D eigenvalue weighted by molar-refractivity contribution is 5.86. The number of carbonyl (C=O) groups is 1. The minimum atomic E-state index is -0.188. The van der Waals surface area contributed by atoms with Gasteiger partial charge in [0.2, 0.25) is 0 Å². The van der Waals surface area contributed by atoms with Gasteiger partial charge in [-0.15, -0.1) is 0 Å². The summed E-state index contributed by atoms with van der Waals surface area (Å²) in [6.07, 6.45) is 1.38. The maximum Gasteiger partial charge on any atom is 0.307 e. The van der Waals surface area contributed by atoms with E-state index >= 15 is 0 Å². The first-order chi connectivity index (χ1) is 9.76. The maximum absolute atomic E-state index is 11.6. The fourth-order valence-electron chi connectivity index (χ4n) is 2.41. The Balaban J connectivity index is 2.36. The van der Waals surface area contributed by atoms with E-state index in [9.17, 15) is 4.79 Å². The number of benzene rings is 2. The molecule has 0 amide bonds. The zero-order valence-corrected chi connectivity index (χ0v) is 12.1. The minimum Gasteiger partial charge on any atom is -0.469 e. The van der Waals surface area contributed by atoms with Crippen molar-refractivity contribution in [1.29, 1.82) is 0 Å². The first-order valence-electron chi connectivity index (χ1n) is 7.04. The summed E-state index contributed by atoms with van der Waals surface area (Å²) in [7, 11) is 1.43. The van der Waals surface area contributed by atoms with E-state index in [1.165, 1.54) is 17.9 Å². The lowest BCUT2D eigenvalue weighted by Crippen LogP contribution is -2.25. The van der Waals surface area contributed by atoms with Crippen LogP contribution in [0.4, 0.5) is 0 Å². The molecule has 0 aliphatic heterocycles. The smallest absolute Gasteiger partial charge is 0.307 e. The summed E-state index contributed by atoms with van der Waals surface area (Å²) in [5, 5.41) is 5.82. The van der Waals surface area contributed by atoms with E-state index in [-0.39, 0.29) is 12.0 Å². The predicted octanol–water partition coefficient (Wildman–Crippen LogP) is 3.44. The summed E-state index contributed by atoms with van der Waals surface area (Å²) in [5.74, 6) is -0.188. The van der Waals surface area contributed by atoms with Crippen LogP contribution >= 0.6 is 0 Å². The van der Waals surface area contributed by atoms with E-state index in [0.29, 0.717) is 6.42 Å². The summed E-state index contributed by atoms with van der Waals surface area (Å²) >= 11 is 0. The molecular formula is C17H21NO2. The fraction of sp³-hybridized carbons (Fsp3) is 0.353. The van der Waals surface area contributed by atoms with Crippen LogP contribution in [0.25, 0.3) is 10.8 Å². The third-order valence-electron chi connectivity index (χ3n) is 3.44. The van der Waals surface area contributed by atoms with Crippen molar-refractivity contribution in [1.82, 2.24) is 5.32 Å². The van der Waals surface area contributed by atoms with Gasteiger partial charge in [0.15, 0.2) is 0 Å². The molecule has 0 radical (unpaired) electrons. The van der Waals surface area contributed by atoms with Crippen molar-refractivity contribution in [3.8, 4) is 0 Å². The van der Waals surface area contributed by atoms with Gasteiger partial charge in [-0.2, -0.15) is 0 Å². The van der Waals surface area contributed by atoms with Crippen LogP contribution in [0.5, 0.6) is 0 Å². The number of fused-ring (bicyclic) bond motifs is 1. The normalized spacial score (nSPS) is 12.3. The summed E-state index contributed by atoms with van der Waals surface area (Å²) in [6, 6.07) is 14.5. The van der Waals surface area contributed by atoms with Gasteiger partial charge in [-0.25, -0.2) is 0 Å². The lowest BCUT2D eigenvalue weighted by Gasteiger charge is -2.19. The average molecular weight is 271 g/mol. The van der Waals surface area contributed by atoms with Crippen molar-refractivity contribution >= 4 is 16.7 Å². The summed E-state index contributed by atoms with van der Waals surface area (Å²) in [5.41, 5.74) is 1.15. The van der Waals surface area contributed by atoms with Crippen molar-refractivity contribution in [3.05, 3.63) is 48.0 Å². The standard InChI is InChI=1S/C17H21NO2/c1-3-11-18-16(12-17(19)20-2)15-10-6-8-13-7-4-5-9-14(13)15/h4-10,16,18H,3,11-12H2,1-2H3. The van der Waals surface area contributed by atoms with Crippen LogP contribution in [-0.4, -0.2) is 19.6 Å². The molecule has 0 bridgehead atoms. The number of esters is 1. The molecule has 0 saturated carbocycles. The van der Waals surface area contributed by atoms with Crippen LogP contribution in [0.3, 0.4) is 0 Å². The van der Waals surface area contributed by atoms with Crippen LogP contribution in [0.1, 0.15) is 31.4 Å². The Morgan fingerprint density at radius 3 is 2.70 bits per heavy atom. The van der Waals surface area contributed by atoms with E-state index in [2.05, 4.69) is 36.5 Å². The second kappa shape index (κ2) is 7.06. The van der Waals surface area contributed by atoms with E-state index in [1.54, 1.807) is 0 Å². The molecule has 0 aliphatic rings. The van der Waals surface area contributed by atoms with Gasteiger partial charge in [-0.05, 0) is 29.3 Å². The number of rotatable bonds is 6. The molecule has 0 spiro atoms. The minimum absolute atomic E-state index is 0.00602. The van der Waals surface area contributed by atoms with Gasteiger partial charge in [-0.1, -0.05) is 49.4 Å². The highest BCUT2D eigenvalue weighted by Crippen LogP contribution is 2.26. The third kappa shape index (κ3) is 3.36. The first-order valence-corrected chi connectivity index (χ1v) is 7.04. The molecule has 2 aromatic carbocycles. The predicted molar refractivity (Wildman–Crippen MR) is 81.6 cm³/mol. The van der Waals surface area contributed by atoms with Crippen LogP contribution in [0.2, 0.25) is 0 Å². The molecule has 1 unspecified atom stereocenters. The molecule has 2 aromatic rings. The lowest BCUT2D eigenvalue weighted by molar-refractivity contribution is -0.141. The average Bonchev–Trinajstić information content (AvgIpc) is 2.50. The molecule has 1 N–H and O–H groups in total. The molecule has 3 nitrogen and oxygen atoms in total. The third-order valence-corrected chi connectivity index (χ3v) is 3.44. The molecule has 0 heterocycles. The number of hydrogen-bond donors (Lipinski definition) is 1. The maximum atomic E-state index is 11.6. The molecule has 0 aliphatic carbocycles. The van der Waals surface area contributed by atoms with E-state index in [0.717, 1.165) is 18.5 Å². The van der Waals surface area contributed by atoms with Gasteiger partial charge in [0.1, 0.15) is 0 Å². The SMILES string of the molecule is CCCNC(CC(=O)OC)c1cccc2ccccc12. The zero-order valence-electron chi connectivity index (χ0n) is 12.1. The van der Waals surface area contributed by atoms with E-state index < -0.39 is 0 Å². The van der Waals surface area contributed by atoms with Gasteiger partial charge < -0.3 is 10.1 Å². The second-order valence-electron chi connectivity index (χ2n) is 4.86. The number of ether oxygens (including phenoxy) is 1. The Labute approximate surface area is 119 Å². The quantitative estimate of drug-likeness (QED) is 0.818. The Morgan fingerprint density at radius 1 is 1.20 bits per heavy atom. The molecule has 0 fully saturated rings. The van der Waals surface area contributed by atoms with Crippen LogP contribution in [0.15, 0.2) is 42.5 Å². The van der Waals surface area contributed by atoms with Crippen molar-refractivity contribution in [2.24, 2.45) is 0 Å².